The van der Waals surface area contributed by atoms with Crippen molar-refractivity contribution in [1.82, 2.24) is 0 Å². The van der Waals surface area contributed by atoms with Crippen LogP contribution in [0.25, 0.3) is 0 Å². The Hall–Kier alpha value is -0.550. The van der Waals surface area contributed by atoms with Gasteiger partial charge in [0.2, 0.25) is 0 Å². The molecule has 106 valence electrons. The molecular weight excluding hydrogens is 405 g/mol. The van der Waals surface area contributed by atoms with Crippen LogP contribution in [0.4, 0.5) is 0 Å². The summed E-state index contributed by atoms with van der Waals surface area (Å²) in [5.41, 5.74) is 9.38. The molecule has 0 saturated carbocycles. The van der Waals surface area contributed by atoms with Crippen LogP contribution >= 0.6 is 43.5 Å². The molecule has 0 bridgehead atoms. The standard InChI is InChI=1S/C15H14Br2ClNO/c1-8-5-9(3-4-12(8)16)14(19)11-6-10(18)7-13(17)15(11)20-2/h3-7,14H,19H2,1-2H3. The Labute approximate surface area is 140 Å². The summed E-state index contributed by atoms with van der Waals surface area (Å²) in [6.07, 6.45) is 0. The fraction of sp³-hybridized carbons (Fsp3) is 0.200. The Kier molecular flexibility index (Phi) is 5.13. The third kappa shape index (κ3) is 3.19. The number of hydrogen-bond acceptors (Lipinski definition) is 2. The number of ether oxygens (including phenoxy) is 1. The molecule has 0 aliphatic heterocycles. The highest BCUT2D eigenvalue weighted by atomic mass is 79.9. The first-order chi connectivity index (χ1) is 9.43. The molecule has 2 nitrogen and oxygen atoms in total. The normalized spacial score (nSPS) is 12.3. The van der Waals surface area contributed by atoms with Gasteiger partial charge in [0.15, 0.2) is 0 Å². The Bertz CT molecular complexity index is 646. The zero-order chi connectivity index (χ0) is 14.9. The number of methoxy groups -OCH3 is 1. The van der Waals surface area contributed by atoms with Crippen molar-refractivity contribution in [3.8, 4) is 5.75 Å². The van der Waals surface area contributed by atoms with Gasteiger partial charge in [-0.3, -0.25) is 0 Å². The second-order valence-electron chi connectivity index (χ2n) is 4.50. The average molecular weight is 420 g/mol. The quantitative estimate of drug-likeness (QED) is 0.739. The number of aryl methyl sites for hydroxylation is 1. The van der Waals surface area contributed by atoms with Gasteiger partial charge in [0.1, 0.15) is 5.75 Å². The Morgan fingerprint density at radius 2 is 1.85 bits per heavy atom. The van der Waals surface area contributed by atoms with Gasteiger partial charge in [-0.15, -0.1) is 0 Å². The van der Waals surface area contributed by atoms with Crippen LogP contribution in [0.2, 0.25) is 5.02 Å². The molecule has 0 aliphatic carbocycles. The Morgan fingerprint density at radius 1 is 1.15 bits per heavy atom. The molecule has 0 saturated heterocycles. The average Bonchev–Trinajstić information content (AvgIpc) is 2.40. The molecule has 5 heteroatoms. The monoisotopic (exact) mass is 417 g/mol. The van der Waals surface area contributed by atoms with Crippen molar-refractivity contribution in [3.63, 3.8) is 0 Å². The summed E-state index contributed by atoms with van der Waals surface area (Å²) in [5.74, 6) is 0.711. The third-order valence-electron chi connectivity index (χ3n) is 3.12. The van der Waals surface area contributed by atoms with Gasteiger partial charge in [-0.1, -0.05) is 39.7 Å². The second-order valence-corrected chi connectivity index (χ2v) is 6.64. The van der Waals surface area contributed by atoms with Crippen LogP contribution in [-0.4, -0.2) is 7.11 Å². The first kappa shape index (κ1) is 15.8. The van der Waals surface area contributed by atoms with Crippen LogP contribution in [0.15, 0.2) is 39.3 Å². The highest BCUT2D eigenvalue weighted by Crippen LogP contribution is 2.37. The molecule has 0 aliphatic rings. The lowest BCUT2D eigenvalue weighted by atomic mass is 9.97. The van der Waals surface area contributed by atoms with E-state index in [2.05, 4.69) is 37.9 Å². The molecule has 2 N–H and O–H groups in total. The minimum absolute atomic E-state index is 0.299. The molecule has 0 fully saturated rings. The predicted molar refractivity (Wildman–Crippen MR) is 90.6 cm³/mol. The minimum atomic E-state index is -0.299. The fourth-order valence-electron chi connectivity index (χ4n) is 2.07. The van der Waals surface area contributed by atoms with Gasteiger partial charge in [-0.25, -0.2) is 0 Å². The van der Waals surface area contributed by atoms with Gasteiger partial charge >= 0.3 is 0 Å². The Morgan fingerprint density at radius 3 is 2.45 bits per heavy atom. The molecule has 0 radical (unpaired) electrons. The largest absolute Gasteiger partial charge is 0.495 e. The highest BCUT2D eigenvalue weighted by Gasteiger charge is 2.18. The van der Waals surface area contributed by atoms with Gasteiger partial charge in [0.05, 0.1) is 17.6 Å². The molecular formula is C15H14Br2ClNO. The van der Waals surface area contributed by atoms with E-state index in [-0.39, 0.29) is 6.04 Å². The van der Waals surface area contributed by atoms with E-state index in [0.717, 1.165) is 25.6 Å². The third-order valence-corrected chi connectivity index (χ3v) is 4.81. The first-order valence-corrected chi connectivity index (χ1v) is 7.95. The molecule has 1 atom stereocenters. The van der Waals surface area contributed by atoms with Crippen LogP contribution in [0.5, 0.6) is 5.75 Å². The van der Waals surface area contributed by atoms with Crippen molar-refractivity contribution in [2.45, 2.75) is 13.0 Å². The zero-order valence-corrected chi connectivity index (χ0v) is 15.0. The maximum absolute atomic E-state index is 6.37. The van der Waals surface area contributed by atoms with Crippen LogP contribution in [0.1, 0.15) is 22.7 Å². The van der Waals surface area contributed by atoms with Crippen molar-refractivity contribution in [2.24, 2.45) is 5.73 Å². The van der Waals surface area contributed by atoms with E-state index in [1.165, 1.54) is 0 Å². The van der Waals surface area contributed by atoms with E-state index in [0.29, 0.717) is 10.8 Å². The Balaban J connectivity index is 2.52. The minimum Gasteiger partial charge on any atom is -0.495 e. The highest BCUT2D eigenvalue weighted by molar-refractivity contribution is 9.10. The summed E-state index contributed by atoms with van der Waals surface area (Å²) in [4.78, 5) is 0. The van der Waals surface area contributed by atoms with E-state index >= 15 is 0 Å². The number of halogens is 3. The lowest BCUT2D eigenvalue weighted by Gasteiger charge is -2.18. The van der Waals surface area contributed by atoms with E-state index in [4.69, 9.17) is 22.1 Å². The maximum Gasteiger partial charge on any atom is 0.138 e. The molecule has 2 aromatic rings. The van der Waals surface area contributed by atoms with Gasteiger partial charge in [0.25, 0.3) is 0 Å². The van der Waals surface area contributed by atoms with Gasteiger partial charge in [0, 0.05) is 15.1 Å². The summed E-state index contributed by atoms with van der Waals surface area (Å²) in [7, 11) is 1.62. The molecule has 0 spiro atoms. The smallest absolute Gasteiger partial charge is 0.138 e. The van der Waals surface area contributed by atoms with Gasteiger partial charge in [-0.05, 0) is 52.2 Å². The molecule has 0 amide bonds. The summed E-state index contributed by atoms with van der Waals surface area (Å²) >= 11 is 13.1. The van der Waals surface area contributed by atoms with Crippen LogP contribution in [0, 0.1) is 6.92 Å². The summed E-state index contributed by atoms with van der Waals surface area (Å²) in [5, 5.41) is 0.622. The van der Waals surface area contributed by atoms with Crippen LogP contribution in [-0.2, 0) is 0 Å². The van der Waals surface area contributed by atoms with Gasteiger partial charge in [-0.2, -0.15) is 0 Å². The number of hydrogen-bond donors (Lipinski definition) is 1. The van der Waals surface area contributed by atoms with Crippen molar-refractivity contribution >= 4 is 43.5 Å². The van der Waals surface area contributed by atoms with E-state index in [1.807, 2.05) is 25.1 Å². The molecule has 2 rings (SSSR count). The van der Waals surface area contributed by atoms with Crippen LogP contribution < -0.4 is 10.5 Å². The summed E-state index contributed by atoms with van der Waals surface area (Å²) in [6.45, 7) is 2.03. The lowest BCUT2D eigenvalue weighted by molar-refractivity contribution is 0.405. The fourth-order valence-corrected chi connectivity index (χ4v) is 3.31. The first-order valence-electron chi connectivity index (χ1n) is 5.98. The SMILES string of the molecule is COc1c(Br)cc(Cl)cc1C(N)c1ccc(Br)c(C)c1. The zero-order valence-electron chi connectivity index (χ0n) is 11.1. The predicted octanol–water partition coefficient (Wildman–Crippen LogP) is 5.23. The number of rotatable bonds is 3. The van der Waals surface area contributed by atoms with Crippen molar-refractivity contribution in [1.29, 1.82) is 0 Å². The van der Waals surface area contributed by atoms with Gasteiger partial charge < -0.3 is 10.5 Å². The molecule has 2 aromatic carbocycles. The number of nitrogens with two attached hydrogens (primary N) is 1. The van der Waals surface area contributed by atoms with Crippen molar-refractivity contribution in [2.75, 3.05) is 7.11 Å². The topological polar surface area (TPSA) is 35.2 Å². The van der Waals surface area contributed by atoms with E-state index in [1.54, 1.807) is 13.2 Å². The van der Waals surface area contributed by atoms with E-state index < -0.39 is 0 Å². The molecule has 0 aromatic heterocycles. The molecule has 1 unspecified atom stereocenters. The molecule has 0 heterocycles. The van der Waals surface area contributed by atoms with Crippen molar-refractivity contribution in [3.05, 3.63) is 61.0 Å². The molecule has 20 heavy (non-hydrogen) atoms. The van der Waals surface area contributed by atoms with Crippen LogP contribution in [0.3, 0.4) is 0 Å². The lowest BCUT2D eigenvalue weighted by Crippen LogP contribution is -2.13. The maximum atomic E-state index is 6.37. The summed E-state index contributed by atoms with van der Waals surface area (Å²) in [6, 6.07) is 9.39. The summed E-state index contributed by atoms with van der Waals surface area (Å²) < 4.78 is 7.29. The van der Waals surface area contributed by atoms with Crippen molar-refractivity contribution < 1.29 is 4.74 Å². The second kappa shape index (κ2) is 6.48. The van der Waals surface area contributed by atoms with E-state index in [9.17, 15) is 0 Å². The number of benzene rings is 2.